The van der Waals surface area contributed by atoms with Gasteiger partial charge in [0.1, 0.15) is 22.3 Å². The van der Waals surface area contributed by atoms with Gasteiger partial charge in [-0.05, 0) is 47.4 Å². The number of hydrogen-bond acceptors (Lipinski definition) is 2. The van der Waals surface area contributed by atoms with Gasteiger partial charge in [-0.3, -0.25) is 0 Å². The normalized spacial score (nSPS) is 14.5. The summed E-state index contributed by atoms with van der Waals surface area (Å²) in [5.41, 5.74) is 1.50. The molecule has 24 heavy (non-hydrogen) atoms. The fourth-order valence-corrected chi connectivity index (χ4v) is 3.45. The lowest BCUT2D eigenvalue weighted by molar-refractivity contribution is 0.554. The number of sulfone groups is 1. The van der Waals surface area contributed by atoms with Crippen molar-refractivity contribution in [2.45, 2.75) is 11.3 Å². The molecule has 0 spiro atoms. The van der Waals surface area contributed by atoms with Crippen molar-refractivity contribution in [2.24, 2.45) is 0 Å². The first-order valence-corrected chi connectivity index (χ1v) is 9.02. The third-order valence-corrected chi connectivity index (χ3v) is 4.89. The average Bonchev–Trinajstić information content (AvgIpc) is 2.97. The van der Waals surface area contributed by atoms with Gasteiger partial charge in [0.15, 0.2) is 9.84 Å². The second-order valence-electron chi connectivity index (χ2n) is 5.52. The van der Waals surface area contributed by atoms with Crippen molar-refractivity contribution < 1.29 is 21.6 Å². The molecule has 124 valence electrons. The average molecular weight is 350 g/mol. The largest absolute Gasteiger partial charge is 0.224 e. The lowest BCUT2D eigenvalue weighted by atomic mass is 9.94. The van der Waals surface area contributed by atoms with Crippen LogP contribution in [0.25, 0.3) is 11.1 Å². The molecule has 0 radical (unpaired) electrons. The van der Waals surface area contributed by atoms with Crippen molar-refractivity contribution >= 4 is 21.0 Å². The van der Waals surface area contributed by atoms with E-state index in [1.165, 1.54) is 18.2 Å². The molecule has 0 heterocycles. The monoisotopic (exact) mass is 350 g/mol. The van der Waals surface area contributed by atoms with Gasteiger partial charge in [0.25, 0.3) is 0 Å². The number of hydrogen-bond donors (Lipinski definition) is 0. The lowest BCUT2D eigenvalue weighted by Gasteiger charge is -2.12. The van der Waals surface area contributed by atoms with Gasteiger partial charge in [0.2, 0.25) is 0 Å². The van der Waals surface area contributed by atoms with E-state index in [1.54, 1.807) is 18.2 Å². The van der Waals surface area contributed by atoms with Crippen LogP contribution in [0.1, 0.15) is 17.5 Å². The first-order chi connectivity index (χ1) is 11.3. The fourth-order valence-electron chi connectivity index (χ4n) is 2.72. The molecule has 0 aromatic heterocycles. The zero-order chi connectivity index (χ0) is 17.5. The summed E-state index contributed by atoms with van der Waals surface area (Å²) in [6.07, 6.45) is 4.79. The smallest absolute Gasteiger partial charge is 0.178 e. The van der Waals surface area contributed by atoms with Crippen LogP contribution in [0, 0.1) is 17.5 Å². The molecule has 0 atom stereocenters. The Morgan fingerprint density at radius 1 is 0.917 bits per heavy atom. The summed E-state index contributed by atoms with van der Waals surface area (Å²) in [5.74, 6) is -2.29. The molecule has 0 saturated carbocycles. The quantitative estimate of drug-likeness (QED) is 0.823. The van der Waals surface area contributed by atoms with Gasteiger partial charge >= 0.3 is 0 Å². The summed E-state index contributed by atoms with van der Waals surface area (Å²) in [7, 11) is -3.87. The van der Waals surface area contributed by atoms with Crippen LogP contribution in [0.4, 0.5) is 13.2 Å². The SMILES string of the molecule is CS(=O)(=O)c1cc(F)c(C2=CCC=C2c2cccc(F)c2)cc1F. The number of allylic oxidation sites excluding steroid dienone is 4. The van der Waals surface area contributed by atoms with Crippen molar-refractivity contribution in [3.63, 3.8) is 0 Å². The van der Waals surface area contributed by atoms with Crippen LogP contribution in [0.5, 0.6) is 0 Å². The van der Waals surface area contributed by atoms with E-state index < -0.39 is 32.2 Å². The predicted molar refractivity (Wildman–Crippen MR) is 86.4 cm³/mol. The Morgan fingerprint density at radius 2 is 1.62 bits per heavy atom. The lowest BCUT2D eigenvalue weighted by Crippen LogP contribution is -2.04. The Hall–Kier alpha value is -2.34. The van der Waals surface area contributed by atoms with Crippen LogP contribution in [0.15, 0.2) is 53.4 Å². The highest BCUT2D eigenvalue weighted by atomic mass is 32.2. The molecule has 1 aliphatic carbocycles. The van der Waals surface area contributed by atoms with Crippen LogP contribution in [-0.4, -0.2) is 14.7 Å². The van der Waals surface area contributed by atoms with Gasteiger partial charge in [-0.2, -0.15) is 0 Å². The third kappa shape index (κ3) is 3.01. The molecule has 0 aliphatic heterocycles. The van der Waals surface area contributed by atoms with E-state index in [2.05, 4.69) is 0 Å². The van der Waals surface area contributed by atoms with Crippen molar-refractivity contribution in [2.75, 3.05) is 6.26 Å². The second kappa shape index (κ2) is 5.94. The summed E-state index contributed by atoms with van der Waals surface area (Å²) in [4.78, 5) is -0.682. The van der Waals surface area contributed by atoms with Gasteiger partial charge in [-0.15, -0.1) is 0 Å². The molecule has 0 fully saturated rings. The molecule has 6 heteroatoms. The van der Waals surface area contributed by atoms with Crippen LogP contribution in [0.3, 0.4) is 0 Å². The summed E-state index contributed by atoms with van der Waals surface area (Å²) in [6, 6.07) is 7.37. The van der Waals surface area contributed by atoms with E-state index >= 15 is 0 Å². The molecule has 0 unspecified atom stereocenters. The highest BCUT2D eigenvalue weighted by Gasteiger charge is 2.22. The van der Waals surface area contributed by atoms with Gasteiger partial charge in [-0.1, -0.05) is 24.3 Å². The zero-order valence-corrected chi connectivity index (χ0v) is 13.5. The van der Waals surface area contributed by atoms with Crippen LogP contribution in [-0.2, 0) is 9.84 Å². The Labute approximate surface area is 137 Å². The topological polar surface area (TPSA) is 34.1 Å². The van der Waals surface area contributed by atoms with Crippen molar-refractivity contribution in [3.8, 4) is 0 Å². The summed E-state index contributed by atoms with van der Waals surface area (Å²) in [5, 5.41) is 0. The summed E-state index contributed by atoms with van der Waals surface area (Å²) in [6.45, 7) is 0. The first-order valence-electron chi connectivity index (χ1n) is 7.13. The Morgan fingerprint density at radius 3 is 2.29 bits per heavy atom. The van der Waals surface area contributed by atoms with Crippen LogP contribution >= 0.6 is 0 Å². The first kappa shape index (κ1) is 16.5. The molecule has 0 N–H and O–H groups in total. The van der Waals surface area contributed by atoms with Crippen molar-refractivity contribution in [3.05, 3.63) is 77.1 Å². The van der Waals surface area contributed by atoms with Crippen molar-refractivity contribution in [1.82, 2.24) is 0 Å². The minimum Gasteiger partial charge on any atom is -0.224 e. The number of rotatable bonds is 3. The van der Waals surface area contributed by atoms with E-state index in [4.69, 9.17) is 0 Å². The van der Waals surface area contributed by atoms with Crippen molar-refractivity contribution in [1.29, 1.82) is 0 Å². The number of halogens is 3. The highest BCUT2D eigenvalue weighted by molar-refractivity contribution is 7.90. The molecule has 2 aromatic carbocycles. The van der Waals surface area contributed by atoms with Gasteiger partial charge in [-0.25, -0.2) is 21.6 Å². The number of benzene rings is 2. The molecular weight excluding hydrogens is 337 g/mol. The standard InChI is InChI=1S/C18H13F3O2S/c1-24(22,23)18-10-16(20)15(9-17(18)21)14-7-3-6-13(14)11-4-2-5-12(19)8-11/h2,4-10H,3H2,1H3. The molecular formula is C18H13F3O2S. The van der Waals surface area contributed by atoms with Gasteiger partial charge in [0.05, 0.1) is 0 Å². The zero-order valence-electron chi connectivity index (χ0n) is 12.7. The summed E-state index contributed by atoms with van der Waals surface area (Å²) < 4.78 is 64.9. The van der Waals surface area contributed by atoms with E-state index in [1.807, 2.05) is 0 Å². The molecule has 1 aliphatic rings. The summed E-state index contributed by atoms with van der Waals surface area (Å²) >= 11 is 0. The van der Waals surface area contributed by atoms with E-state index in [0.717, 1.165) is 12.3 Å². The van der Waals surface area contributed by atoms with Crippen LogP contribution < -0.4 is 0 Å². The third-order valence-electron chi connectivity index (χ3n) is 3.78. The predicted octanol–water partition coefficient (Wildman–Crippen LogP) is 4.38. The van der Waals surface area contributed by atoms with Crippen LogP contribution in [0.2, 0.25) is 0 Å². The molecule has 0 saturated heterocycles. The second-order valence-corrected chi connectivity index (χ2v) is 7.50. The highest BCUT2D eigenvalue weighted by Crippen LogP contribution is 2.38. The maximum atomic E-state index is 14.4. The maximum absolute atomic E-state index is 14.4. The molecule has 2 aromatic rings. The minimum absolute atomic E-state index is 0.0482. The van der Waals surface area contributed by atoms with E-state index in [0.29, 0.717) is 29.2 Å². The minimum atomic E-state index is -3.87. The Balaban J connectivity index is 2.10. The molecule has 3 rings (SSSR count). The molecule has 0 bridgehead atoms. The molecule has 2 nitrogen and oxygen atoms in total. The van der Waals surface area contributed by atoms with Gasteiger partial charge < -0.3 is 0 Å². The van der Waals surface area contributed by atoms with E-state index in [9.17, 15) is 21.6 Å². The molecule has 0 amide bonds. The van der Waals surface area contributed by atoms with E-state index in [-0.39, 0.29) is 5.56 Å². The Bertz CT molecular complexity index is 989. The maximum Gasteiger partial charge on any atom is 0.178 e. The Kier molecular flexibility index (Phi) is 4.09. The van der Waals surface area contributed by atoms with Gasteiger partial charge in [0, 0.05) is 11.8 Å². The fraction of sp³-hybridized carbons (Fsp3) is 0.111.